The first-order valence-electron chi connectivity index (χ1n) is 7.80. The van der Waals surface area contributed by atoms with Gasteiger partial charge in [-0.3, -0.25) is 19.8 Å². The minimum absolute atomic E-state index is 0.113. The zero-order valence-corrected chi connectivity index (χ0v) is 15.2. The largest absolute Gasteiger partial charge is 0.319 e. The number of para-hydroxylation sites is 2. The van der Waals surface area contributed by atoms with E-state index in [1.807, 2.05) is 42.5 Å². The van der Waals surface area contributed by atoms with E-state index in [-0.39, 0.29) is 17.3 Å². The van der Waals surface area contributed by atoms with E-state index in [9.17, 15) is 14.9 Å². The van der Waals surface area contributed by atoms with Crippen molar-refractivity contribution in [2.75, 3.05) is 18.6 Å². The number of thioether (sulfide) groups is 1. The van der Waals surface area contributed by atoms with Crippen LogP contribution in [-0.4, -0.2) is 35.1 Å². The molecule has 2 rings (SSSR count). The van der Waals surface area contributed by atoms with Gasteiger partial charge in [0.15, 0.2) is 0 Å². The molecule has 0 spiro atoms. The smallest absolute Gasteiger partial charge is 0.292 e. The molecule has 1 amide bonds. The van der Waals surface area contributed by atoms with Crippen molar-refractivity contribution in [1.82, 2.24) is 4.90 Å². The zero-order valence-electron chi connectivity index (χ0n) is 14.4. The Labute approximate surface area is 151 Å². The van der Waals surface area contributed by atoms with Gasteiger partial charge in [-0.2, -0.15) is 0 Å². The molecule has 0 aliphatic rings. The van der Waals surface area contributed by atoms with E-state index >= 15 is 0 Å². The monoisotopic (exact) mass is 359 g/mol. The molecule has 25 heavy (non-hydrogen) atoms. The quantitative estimate of drug-likeness (QED) is 0.463. The topological polar surface area (TPSA) is 75.5 Å². The molecule has 6 nitrogen and oxygen atoms in total. The van der Waals surface area contributed by atoms with Gasteiger partial charge in [-0.05, 0) is 44.0 Å². The van der Waals surface area contributed by atoms with Crippen LogP contribution in [0, 0.1) is 10.1 Å². The number of nitrogens with one attached hydrogen (secondary N) is 1. The molecule has 0 aliphatic carbocycles. The average molecular weight is 359 g/mol. The van der Waals surface area contributed by atoms with E-state index in [0.717, 1.165) is 5.56 Å². The van der Waals surface area contributed by atoms with Crippen molar-refractivity contribution < 1.29 is 9.72 Å². The predicted molar refractivity (Wildman–Crippen MR) is 101 cm³/mol. The summed E-state index contributed by atoms with van der Waals surface area (Å²) in [7, 11) is 1.85. The second-order valence-electron chi connectivity index (χ2n) is 5.70. The van der Waals surface area contributed by atoms with Crippen LogP contribution in [0.4, 0.5) is 11.4 Å². The third-order valence-corrected chi connectivity index (χ3v) is 4.73. The molecule has 0 aromatic heterocycles. The minimum atomic E-state index is -0.503. The van der Waals surface area contributed by atoms with Crippen LogP contribution >= 0.6 is 11.8 Å². The minimum Gasteiger partial charge on any atom is -0.319 e. The van der Waals surface area contributed by atoms with Crippen LogP contribution in [0.25, 0.3) is 0 Å². The highest BCUT2D eigenvalue weighted by molar-refractivity contribution is 7.98. The number of nitrogens with zero attached hydrogens (tertiary/aromatic N) is 2. The Morgan fingerprint density at radius 3 is 2.48 bits per heavy atom. The summed E-state index contributed by atoms with van der Waals surface area (Å²) in [6.07, 6.45) is 2.02. The molecule has 1 atom stereocenters. The number of rotatable bonds is 7. The lowest BCUT2D eigenvalue weighted by Crippen LogP contribution is -2.39. The van der Waals surface area contributed by atoms with Crippen LogP contribution in [0.15, 0.2) is 53.4 Å². The van der Waals surface area contributed by atoms with Gasteiger partial charge in [-0.1, -0.05) is 24.3 Å². The van der Waals surface area contributed by atoms with Gasteiger partial charge in [-0.25, -0.2) is 0 Å². The maximum atomic E-state index is 12.4. The Kier molecular flexibility index (Phi) is 6.55. The van der Waals surface area contributed by atoms with Crippen molar-refractivity contribution in [3.8, 4) is 0 Å². The highest BCUT2D eigenvalue weighted by atomic mass is 32.2. The first-order chi connectivity index (χ1) is 11.9. The van der Waals surface area contributed by atoms with Crippen LogP contribution in [0.3, 0.4) is 0 Å². The molecular weight excluding hydrogens is 338 g/mol. The maximum absolute atomic E-state index is 12.4. The summed E-state index contributed by atoms with van der Waals surface area (Å²) in [5, 5.41) is 13.7. The summed E-state index contributed by atoms with van der Waals surface area (Å²) in [4.78, 5) is 26.1. The van der Waals surface area contributed by atoms with Crippen molar-refractivity contribution in [3.63, 3.8) is 0 Å². The van der Waals surface area contributed by atoms with Gasteiger partial charge in [0.1, 0.15) is 5.69 Å². The van der Waals surface area contributed by atoms with E-state index in [1.165, 1.54) is 17.0 Å². The summed E-state index contributed by atoms with van der Waals surface area (Å²) in [6, 6.07) is 13.9. The Balaban J connectivity index is 2.02. The molecule has 0 bridgehead atoms. The van der Waals surface area contributed by atoms with E-state index in [1.54, 1.807) is 30.8 Å². The Morgan fingerprint density at radius 1 is 1.24 bits per heavy atom. The number of amides is 1. The van der Waals surface area contributed by atoms with E-state index < -0.39 is 11.0 Å². The third-order valence-electron chi connectivity index (χ3n) is 3.99. The zero-order chi connectivity index (χ0) is 18.4. The summed E-state index contributed by atoms with van der Waals surface area (Å²) >= 11 is 1.68. The molecule has 1 N–H and O–H groups in total. The number of hydrogen-bond donors (Lipinski definition) is 1. The number of carbonyl (C=O) groups excluding carboxylic acids is 1. The van der Waals surface area contributed by atoms with Crippen LogP contribution < -0.4 is 5.32 Å². The summed E-state index contributed by atoms with van der Waals surface area (Å²) in [5.41, 5.74) is 1.20. The van der Waals surface area contributed by atoms with Crippen LogP contribution in [-0.2, 0) is 11.3 Å². The molecule has 0 saturated carbocycles. The third kappa shape index (κ3) is 5.04. The fourth-order valence-corrected chi connectivity index (χ4v) is 2.74. The molecular formula is C18H21N3O3S. The van der Waals surface area contributed by atoms with Gasteiger partial charge < -0.3 is 5.32 Å². The maximum Gasteiger partial charge on any atom is 0.292 e. The molecule has 0 unspecified atom stereocenters. The Bertz CT molecular complexity index is 749. The molecule has 7 heteroatoms. The number of nitro benzene ring substituents is 1. The first kappa shape index (κ1) is 19.0. The van der Waals surface area contributed by atoms with Gasteiger partial charge in [-0.15, -0.1) is 11.8 Å². The van der Waals surface area contributed by atoms with Crippen LogP contribution in [0.5, 0.6) is 0 Å². The number of benzene rings is 2. The summed E-state index contributed by atoms with van der Waals surface area (Å²) in [6.45, 7) is 2.39. The van der Waals surface area contributed by atoms with E-state index in [2.05, 4.69) is 5.32 Å². The second kappa shape index (κ2) is 8.64. The lowest BCUT2D eigenvalue weighted by molar-refractivity contribution is -0.383. The van der Waals surface area contributed by atoms with Gasteiger partial charge in [0.05, 0.1) is 11.0 Å². The van der Waals surface area contributed by atoms with E-state index in [4.69, 9.17) is 0 Å². The fraction of sp³-hybridized carbons (Fsp3) is 0.278. The van der Waals surface area contributed by atoms with Gasteiger partial charge >= 0.3 is 0 Å². The van der Waals surface area contributed by atoms with Crippen molar-refractivity contribution in [1.29, 1.82) is 0 Å². The number of hydrogen-bond acceptors (Lipinski definition) is 5. The second-order valence-corrected chi connectivity index (χ2v) is 6.58. The SMILES string of the molecule is CSc1ccc(CN(C)[C@@H](C)C(=O)Nc2ccccc2[N+](=O)[O-])cc1. The molecule has 132 valence electrons. The molecule has 0 saturated heterocycles. The molecule has 0 heterocycles. The molecule has 0 aliphatic heterocycles. The lowest BCUT2D eigenvalue weighted by Gasteiger charge is -2.24. The van der Waals surface area contributed by atoms with Crippen molar-refractivity contribution in [3.05, 3.63) is 64.2 Å². The fourth-order valence-electron chi connectivity index (χ4n) is 2.33. The molecule has 2 aromatic rings. The molecule has 0 radical (unpaired) electrons. The molecule has 0 fully saturated rings. The van der Waals surface area contributed by atoms with E-state index in [0.29, 0.717) is 6.54 Å². The Morgan fingerprint density at radius 2 is 1.88 bits per heavy atom. The number of likely N-dealkylation sites (N-methyl/N-ethyl adjacent to an activating group) is 1. The summed E-state index contributed by atoms with van der Waals surface area (Å²) in [5.74, 6) is -0.280. The number of carbonyl (C=O) groups is 1. The van der Waals surface area contributed by atoms with Crippen molar-refractivity contribution >= 4 is 29.0 Å². The normalized spacial score (nSPS) is 12.0. The average Bonchev–Trinajstić information content (AvgIpc) is 2.61. The van der Waals surface area contributed by atoms with Crippen molar-refractivity contribution in [2.24, 2.45) is 0 Å². The number of anilines is 1. The summed E-state index contributed by atoms with van der Waals surface area (Å²) < 4.78 is 0. The highest BCUT2D eigenvalue weighted by Gasteiger charge is 2.21. The predicted octanol–water partition coefficient (Wildman–Crippen LogP) is 3.78. The van der Waals surface area contributed by atoms with Crippen LogP contribution in [0.1, 0.15) is 12.5 Å². The number of nitro groups is 1. The van der Waals surface area contributed by atoms with Gasteiger partial charge in [0, 0.05) is 17.5 Å². The van der Waals surface area contributed by atoms with Crippen molar-refractivity contribution in [2.45, 2.75) is 24.4 Å². The lowest BCUT2D eigenvalue weighted by atomic mass is 10.2. The Hall–Kier alpha value is -2.38. The first-order valence-corrected chi connectivity index (χ1v) is 9.02. The van der Waals surface area contributed by atoms with Gasteiger partial charge in [0.25, 0.3) is 5.69 Å². The van der Waals surface area contributed by atoms with Gasteiger partial charge in [0.2, 0.25) is 5.91 Å². The molecule has 2 aromatic carbocycles. The van der Waals surface area contributed by atoms with Crippen LogP contribution in [0.2, 0.25) is 0 Å². The highest BCUT2D eigenvalue weighted by Crippen LogP contribution is 2.23. The standard InChI is InChI=1S/C18H21N3O3S/c1-13(20(2)12-14-8-10-15(25-3)11-9-14)18(22)19-16-6-4-5-7-17(16)21(23)24/h4-11,13H,12H2,1-3H3,(H,19,22)/t13-/m0/s1.